The van der Waals surface area contributed by atoms with E-state index in [-0.39, 0.29) is 16.9 Å². The zero-order valence-electron chi connectivity index (χ0n) is 16.3. The highest BCUT2D eigenvalue weighted by Crippen LogP contribution is 2.30. The first-order valence-corrected chi connectivity index (χ1v) is 9.95. The summed E-state index contributed by atoms with van der Waals surface area (Å²) in [5.41, 5.74) is 0.188. The van der Waals surface area contributed by atoms with E-state index in [1.807, 2.05) is 0 Å². The molecule has 7 heteroatoms. The summed E-state index contributed by atoms with van der Waals surface area (Å²) in [7, 11) is 0. The van der Waals surface area contributed by atoms with Crippen molar-refractivity contribution in [3.05, 3.63) is 110 Å². The summed E-state index contributed by atoms with van der Waals surface area (Å²) in [4.78, 5) is 37.2. The lowest BCUT2D eigenvalue weighted by atomic mass is 10.0. The molecule has 0 aliphatic heterocycles. The fourth-order valence-corrected chi connectivity index (χ4v) is 3.63. The second-order valence-corrected chi connectivity index (χ2v) is 7.46. The van der Waals surface area contributed by atoms with Crippen molar-refractivity contribution in [3.8, 4) is 16.9 Å². The smallest absolute Gasteiger partial charge is 0.344 e. The van der Waals surface area contributed by atoms with Crippen LogP contribution in [0.1, 0.15) is 10.4 Å². The Hall–Kier alpha value is -4.16. The quantitative estimate of drug-likeness (QED) is 0.209. The average Bonchev–Trinajstić information content (AvgIpc) is 2.78. The maximum atomic E-state index is 12.6. The molecule has 2 heterocycles. The highest BCUT2D eigenvalue weighted by atomic mass is 35.5. The number of rotatable bonds is 3. The summed E-state index contributed by atoms with van der Waals surface area (Å²) in [5, 5.41) is 1.58. The first-order chi connectivity index (χ1) is 15.5. The predicted molar refractivity (Wildman–Crippen MR) is 120 cm³/mol. The van der Waals surface area contributed by atoms with E-state index in [0.717, 1.165) is 0 Å². The first-order valence-electron chi connectivity index (χ1n) is 9.57. The van der Waals surface area contributed by atoms with Gasteiger partial charge in [-0.05, 0) is 48.5 Å². The fourth-order valence-electron chi connectivity index (χ4n) is 3.45. The maximum absolute atomic E-state index is 12.6. The van der Waals surface area contributed by atoms with Crippen LogP contribution in [0.3, 0.4) is 0 Å². The van der Waals surface area contributed by atoms with Crippen molar-refractivity contribution in [3.63, 3.8) is 0 Å². The van der Waals surface area contributed by atoms with Gasteiger partial charge in [0, 0.05) is 33.5 Å². The normalized spacial score (nSPS) is 11.0. The number of ether oxygens (including phenoxy) is 1. The van der Waals surface area contributed by atoms with E-state index in [0.29, 0.717) is 32.5 Å². The molecule has 0 aliphatic carbocycles. The van der Waals surface area contributed by atoms with Gasteiger partial charge in [-0.2, -0.15) is 0 Å². The molecule has 156 valence electrons. The van der Waals surface area contributed by atoms with Crippen molar-refractivity contribution in [2.45, 2.75) is 0 Å². The predicted octanol–water partition coefficient (Wildman–Crippen LogP) is 5.44. The lowest BCUT2D eigenvalue weighted by Crippen LogP contribution is -2.09. The van der Waals surface area contributed by atoms with Crippen molar-refractivity contribution in [1.82, 2.24) is 0 Å². The van der Waals surface area contributed by atoms with Crippen molar-refractivity contribution < 1.29 is 18.4 Å². The Kier molecular flexibility index (Phi) is 4.84. The average molecular weight is 445 g/mol. The van der Waals surface area contributed by atoms with Crippen LogP contribution < -0.4 is 16.0 Å². The van der Waals surface area contributed by atoms with Crippen molar-refractivity contribution in [2.75, 3.05) is 0 Å². The molecule has 2 aromatic heterocycles. The summed E-state index contributed by atoms with van der Waals surface area (Å²) in [6.45, 7) is 0. The molecular formula is C25H13ClO6. The van der Waals surface area contributed by atoms with Gasteiger partial charge in [0.15, 0.2) is 0 Å². The lowest BCUT2D eigenvalue weighted by molar-refractivity contribution is 0.0735. The Morgan fingerprint density at radius 1 is 0.781 bits per heavy atom. The summed E-state index contributed by atoms with van der Waals surface area (Å²) in [6, 6.07) is 20.8. The molecule has 0 amide bonds. The monoisotopic (exact) mass is 444 g/mol. The van der Waals surface area contributed by atoms with Gasteiger partial charge in [-0.3, -0.25) is 0 Å². The molecule has 0 spiro atoms. The molecular weight excluding hydrogens is 432 g/mol. The van der Waals surface area contributed by atoms with E-state index < -0.39 is 17.2 Å². The van der Waals surface area contributed by atoms with Crippen LogP contribution in [0.25, 0.3) is 33.1 Å². The highest BCUT2D eigenvalue weighted by molar-refractivity contribution is 6.31. The highest BCUT2D eigenvalue weighted by Gasteiger charge is 2.16. The second kappa shape index (κ2) is 7.83. The molecule has 0 bridgehead atoms. The molecule has 32 heavy (non-hydrogen) atoms. The minimum atomic E-state index is -0.662. The van der Waals surface area contributed by atoms with Gasteiger partial charge in [0.05, 0.1) is 11.1 Å². The summed E-state index contributed by atoms with van der Waals surface area (Å²) in [6.07, 6.45) is 0. The van der Waals surface area contributed by atoms with Crippen LogP contribution in [0.5, 0.6) is 5.75 Å². The van der Waals surface area contributed by atoms with Crippen LogP contribution in [0.2, 0.25) is 5.02 Å². The molecule has 0 saturated heterocycles. The van der Waals surface area contributed by atoms with Crippen LogP contribution in [0.15, 0.2) is 97.3 Å². The van der Waals surface area contributed by atoms with Gasteiger partial charge in [-0.1, -0.05) is 29.8 Å². The molecule has 0 radical (unpaired) electrons. The topological polar surface area (TPSA) is 86.7 Å². The number of hydrogen-bond acceptors (Lipinski definition) is 6. The number of esters is 1. The van der Waals surface area contributed by atoms with Crippen molar-refractivity contribution in [1.29, 1.82) is 0 Å². The standard InChI is InChI=1S/C25H13ClO6/c26-16-6-9-21-15(10-16)11-20(25(29)32-21)19-13-23(27)31-22-12-17(7-8-18(19)22)30-24(28)14-4-2-1-3-5-14/h1-13H. The number of benzene rings is 3. The fraction of sp³-hybridized carbons (Fsp3) is 0. The van der Waals surface area contributed by atoms with Crippen LogP contribution in [0.4, 0.5) is 0 Å². The number of carbonyl (C=O) groups is 1. The Morgan fingerprint density at radius 2 is 1.59 bits per heavy atom. The van der Waals surface area contributed by atoms with Gasteiger partial charge in [0.25, 0.3) is 0 Å². The summed E-state index contributed by atoms with van der Waals surface area (Å²) < 4.78 is 16.1. The zero-order chi connectivity index (χ0) is 22.2. The van der Waals surface area contributed by atoms with Gasteiger partial charge >= 0.3 is 17.2 Å². The molecule has 5 rings (SSSR count). The molecule has 5 aromatic rings. The lowest BCUT2D eigenvalue weighted by Gasteiger charge is -2.08. The maximum Gasteiger partial charge on any atom is 0.344 e. The summed E-state index contributed by atoms with van der Waals surface area (Å²) >= 11 is 6.05. The van der Waals surface area contributed by atoms with Gasteiger partial charge < -0.3 is 13.6 Å². The second-order valence-electron chi connectivity index (χ2n) is 7.02. The third-order valence-corrected chi connectivity index (χ3v) is 5.16. The minimum absolute atomic E-state index is 0.163. The molecule has 0 atom stereocenters. The van der Waals surface area contributed by atoms with E-state index in [2.05, 4.69) is 0 Å². The van der Waals surface area contributed by atoms with Crippen LogP contribution in [-0.2, 0) is 0 Å². The molecule has 0 aliphatic rings. The Labute approximate surface area is 185 Å². The molecule has 0 saturated carbocycles. The van der Waals surface area contributed by atoms with Gasteiger partial charge in [-0.25, -0.2) is 14.4 Å². The van der Waals surface area contributed by atoms with E-state index in [1.165, 1.54) is 12.1 Å². The van der Waals surface area contributed by atoms with Gasteiger partial charge in [0.1, 0.15) is 16.9 Å². The number of carbonyl (C=O) groups excluding carboxylic acids is 1. The van der Waals surface area contributed by atoms with E-state index in [4.69, 9.17) is 25.2 Å². The van der Waals surface area contributed by atoms with Gasteiger partial charge in [-0.15, -0.1) is 0 Å². The summed E-state index contributed by atoms with van der Waals surface area (Å²) in [5.74, 6) is -0.348. The molecule has 3 aromatic carbocycles. The number of halogens is 1. The zero-order valence-corrected chi connectivity index (χ0v) is 17.1. The Bertz CT molecular complexity index is 1620. The van der Waals surface area contributed by atoms with E-state index in [9.17, 15) is 14.4 Å². The van der Waals surface area contributed by atoms with E-state index >= 15 is 0 Å². The molecule has 0 unspecified atom stereocenters. The number of hydrogen-bond donors (Lipinski definition) is 0. The third kappa shape index (κ3) is 3.68. The van der Waals surface area contributed by atoms with Gasteiger partial charge in [0.2, 0.25) is 0 Å². The SMILES string of the molecule is O=C(Oc1ccc2c(-c3cc4cc(Cl)ccc4oc3=O)cc(=O)oc2c1)c1ccccc1. The molecule has 0 fully saturated rings. The molecule has 6 nitrogen and oxygen atoms in total. The van der Waals surface area contributed by atoms with E-state index in [1.54, 1.807) is 66.7 Å². The van der Waals surface area contributed by atoms with Crippen LogP contribution in [-0.4, -0.2) is 5.97 Å². The number of fused-ring (bicyclic) bond motifs is 2. The Morgan fingerprint density at radius 3 is 2.41 bits per heavy atom. The largest absolute Gasteiger partial charge is 0.423 e. The third-order valence-electron chi connectivity index (χ3n) is 4.92. The first kappa shape index (κ1) is 19.8. The van der Waals surface area contributed by atoms with Crippen LogP contribution in [0, 0.1) is 0 Å². The van der Waals surface area contributed by atoms with Crippen molar-refractivity contribution in [2.24, 2.45) is 0 Å². The minimum Gasteiger partial charge on any atom is -0.423 e. The van der Waals surface area contributed by atoms with Crippen molar-refractivity contribution >= 4 is 39.5 Å². The van der Waals surface area contributed by atoms with Crippen LogP contribution >= 0.6 is 11.6 Å². The Balaban J connectivity index is 1.62. The molecule has 0 N–H and O–H groups in total.